The normalized spacial score (nSPS) is 21.3. The molecule has 2 aliphatic rings. The molecule has 0 aliphatic carbocycles. The van der Waals surface area contributed by atoms with Crippen molar-refractivity contribution in [3.8, 4) is 5.75 Å². The number of Topliss-reactive ketones (excluding diaryl/α,β-unsaturated/α-hetero) is 1. The fourth-order valence-electron chi connectivity index (χ4n) is 4.52. The zero-order valence-corrected chi connectivity index (χ0v) is 19.5. The van der Waals surface area contributed by atoms with Gasteiger partial charge in [-0.1, -0.05) is 12.1 Å². The van der Waals surface area contributed by atoms with Crippen LogP contribution in [0, 0.1) is 0 Å². The molecule has 1 N–H and O–H groups in total. The summed E-state index contributed by atoms with van der Waals surface area (Å²) in [5, 5.41) is 11.3. The van der Waals surface area contributed by atoms with Crippen LogP contribution in [0.25, 0.3) is 5.76 Å². The lowest BCUT2D eigenvalue weighted by Gasteiger charge is -2.26. The molecule has 2 aromatic rings. The third-order valence-electron chi connectivity index (χ3n) is 6.18. The van der Waals surface area contributed by atoms with Crippen molar-refractivity contribution in [1.29, 1.82) is 0 Å². The average molecular weight is 451 g/mol. The Morgan fingerprint density at radius 3 is 2.58 bits per heavy atom. The van der Waals surface area contributed by atoms with Gasteiger partial charge in [-0.05, 0) is 54.8 Å². The van der Waals surface area contributed by atoms with Crippen molar-refractivity contribution in [3.05, 3.63) is 64.7 Å². The molecule has 174 valence electrons. The van der Waals surface area contributed by atoms with Crippen LogP contribution in [0.3, 0.4) is 0 Å². The summed E-state index contributed by atoms with van der Waals surface area (Å²) in [6, 6.07) is 12.4. The largest absolute Gasteiger partial charge is 0.507 e. The van der Waals surface area contributed by atoms with E-state index in [0.29, 0.717) is 25.1 Å². The van der Waals surface area contributed by atoms with Crippen molar-refractivity contribution in [2.45, 2.75) is 31.9 Å². The van der Waals surface area contributed by atoms with Gasteiger partial charge in [0.25, 0.3) is 11.7 Å². The summed E-state index contributed by atoms with van der Waals surface area (Å²) in [5.41, 5.74) is 3.38. The molecule has 1 fully saturated rings. The van der Waals surface area contributed by atoms with Crippen LogP contribution < -0.4 is 9.64 Å². The highest BCUT2D eigenvalue weighted by Crippen LogP contribution is 2.41. The third kappa shape index (κ3) is 4.33. The van der Waals surface area contributed by atoms with Crippen molar-refractivity contribution in [2.75, 3.05) is 39.3 Å². The number of aliphatic hydroxyl groups is 1. The van der Waals surface area contributed by atoms with Gasteiger partial charge in [-0.3, -0.25) is 9.59 Å². The quantitative estimate of drug-likeness (QED) is 0.301. The SMILES string of the molecule is COCCCN1C(=O)C(=O)/C(=C(\O)c2ccc3c(c2)CC(C)O3)C1c1ccc(N(C)C)cc1. The Hall–Kier alpha value is -3.32. The molecule has 0 aromatic heterocycles. The standard InChI is InChI=1S/C26H30N2O5/c1-16-14-19-15-18(8-11-21(19)33-16)24(29)22-23(17-6-9-20(10-7-17)27(2)3)28(12-5-13-32-4)26(31)25(22)30/h6-11,15-16,23,29H,5,12-14H2,1-4H3/b24-22-. The monoisotopic (exact) mass is 450 g/mol. The molecule has 7 nitrogen and oxygen atoms in total. The Morgan fingerprint density at radius 1 is 1.18 bits per heavy atom. The first kappa shape index (κ1) is 22.9. The number of methoxy groups -OCH3 is 1. The highest BCUT2D eigenvalue weighted by atomic mass is 16.5. The first-order chi connectivity index (χ1) is 15.8. The molecule has 1 amide bonds. The molecule has 2 aliphatic heterocycles. The summed E-state index contributed by atoms with van der Waals surface area (Å²) in [5.74, 6) is -0.648. The van der Waals surface area contributed by atoms with E-state index in [1.54, 1.807) is 13.2 Å². The molecule has 0 saturated carbocycles. The van der Waals surface area contributed by atoms with E-state index in [2.05, 4.69) is 0 Å². The maximum atomic E-state index is 13.1. The fraction of sp³-hybridized carbons (Fsp3) is 0.385. The first-order valence-electron chi connectivity index (χ1n) is 11.2. The molecule has 33 heavy (non-hydrogen) atoms. The topological polar surface area (TPSA) is 79.3 Å². The van der Waals surface area contributed by atoms with Crippen molar-refractivity contribution in [2.24, 2.45) is 0 Å². The third-order valence-corrected chi connectivity index (χ3v) is 6.18. The number of ether oxygens (including phenoxy) is 2. The lowest BCUT2D eigenvalue weighted by Crippen LogP contribution is -2.31. The molecule has 1 saturated heterocycles. The van der Waals surface area contributed by atoms with Crippen molar-refractivity contribution < 1.29 is 24.2 Å². The van der Waals surface area contributed by atoms with Gasteiger partial charge in [0.05, 0.1) is 11.6 Å². The van der Waals surface area contributed by atoms with Crippen molar-refractivity contribution in [3.63, 3.8) is 0 Å². The smallest absolute Gasteiger partial charge is 0.295 e. The number of carbonyl (C=O) groups is 2. The predicted octanol–water partition coefficient (Wildman–Crippen LogP) is 3.53. The summed E-state index contributed by atoms with van der Waals surface area (Å²) in [6.45, 7) is 2.81. The van der Waals surface area contributed by atoms with Crippen LogP contribution in [0.4, 0.5) is 5.69 Å². The van der Waals surface area contributed by atoms with Crippen LogP contribution in [-0.2, 0) is 20.7 Å². The molecule has 4 rings (SSSR count). The number of carbonyl (C=O) groups excluding carboxylic acids is 2. The van der Waals surface area contributed by atoms with Gasteiger partial charge in [-0.25, -0.2) is 0 Å². The van der Waals surface area contributed by atoms with E-state index in [1.807, 2.05) is 62.3 Å². The Kier molecular flexibility index (Phi) is 6.42. The summed E-state index contributed by atoms with van der Waals surface area (Å²) >= 11 is 0. The molecule has 2 atom stereocenters. The number of amides is 1. The van der Waals surface area contributed by atoms with Gasteiger partial charge in [-0.2, -0.15) is 0 Å². The van der Waals surface area contributed by atoms with E-state index in [9.17, 15) is 14.7 Å². The lowest BCUT2D eigenvalue weighted by atomic mass is 9.94. The van der Waals surface area contributed by atoms with E-state index in [1.165, 1.54) is 4.90 Å². The molecule has 0 spiro atoms. The van der Waals surface area contributed by atoms with Gasteiger partial charge in [0.2, 0.25) is 0 Å². The zero-order chi connectivity index (χ0) is 23.7. The van der Waals surface area contributed by atoms with Gasteiger partial charge < -0.3 is 24.4 Å². The molecule has 0 radical (unpaired) electrons. The average Bonchev–Trinajstić information content (AvgIpc) is 3.29. The highest BCUT2D eigenvalue weighted by Gasteiger charge is 2.45. The van der Waals surface area contributed by atoms with Crippen LogP contribution in [-0.4, -0.2) is 62.2 Å². The molecule has 7 heteroatoms. The molecule has 2 unspecified atom stereocenters. The van der Waals surface area contributed by atoms with E-state index in [-0.39, 0.29) is 17.4 Å². The van der Waals surface area contributed by atoms with Gasteiger partial charge in [0.1, 0.15) is 17.6 Å². The second-order valence-corrected chi connectivity index (χ2v) is 8.78. The second kappa shape index (κ2) is 9.27. The summed E-state index contributed by atoms with van der Waals surface area (Å²) in [6.07, 6.45) is 1.39. The first-order valence-corrected chi connectivity index (χ1v) is 11.2. The summed E-state index contributed by atoms with van der Waals surface area (Å²) < 4.78 is 10.9. The molecular formula is C26H30N2O5. The Labute approximate surface area is 194 Å². The highest BCUT2D eigenvalue weighted by molar-refractivity contribution is 6.46. The van der Waals surface area contributed by atoms with Crippen molar-refractivity contribution in [1.82, 2.24) is 4.90 Å². The molecule has 0 bridgehead atoms. The maximum Gasteiger partial charge on any atom is 0.295 e. The number of ketones is 1. The molecule has 2 heterocycles. The number of anilines is 1. The fourth-order valence-corrected chi connectivity index (χ4v) is 4.52. The minimum absolute atomic E-state index is 0.0685. The minimum Gasteiger partial charge on any atom is -0.507 e. The lowest BCUT2D eigenvalue weighted by molar-refractivity contribution is -0.140. The molecule has 2 aromatic carbocycles. The number of hydrogen-bond donors (Lipinski definition) is 1. The van der Waals surface area contributed by atoms with E-state index < -0.39 is 17.7 Å². The van der Waals surface area contributed by atoms with Crippen LogP contribution in [0.15, 0.2) is 48.0 Å². The van der Waals surface area contributed by atoms with E-state index in [0.717, 1.165) is 29.0 Å². The second-order valence-electron chi connectivity index (χ2n) is 8.78. The minimum atomic E-state index is -0.670. The Bertz CT molecular complexity index is 1090. The van der Waals surface area contributed by atoms with Gasteiger partial charge >= 0.3 is 0 Å². The number of likely N-dealkylation sites (tertiary alicyclic amines) is 1. The van der Waals surface area contributed by atoms with Crippen LogP contribution >= 0.6 is 0 Å². The van der Waals surface area contributed by atoms with E-state index >= 15 is 0 Å². The Balaban J connectivity index is 1.79. The Morgan fingerprint density at radius 2 is 1.91 bits per heavy atom. The zero-order valence-electron chi connectivity index (χ0n) is 19.5. The van der Waals surface area contributed by atoms with Crippen LogP contribution in [0.1, 0.15) is 36.1 Å². The van der Waals surface area contributed by atoms with Crippen LogP contribution in [0.5, 0.6) is 5.75 Å². The van der Waals surface area contributed by atoms with E-state index in [4.69, 9.17) is 9.47 Å². The number of rotatable bonds is 7. The maximum absolute atomic E-state index is 13.1. The number of hydrogen-bond acceptors (Lipinski definition) is 6. The van der Waals surface area contributed by atoms with Crippen molar-refractivity contribution >= 4 is 23.1 Å². The number of nitrogens with zero attached hydrogens (tertiary/aromatic N) is 2. The number of fused-ring (bicyclic) bond motifs is 1. The predicted molar refractivity (Wildman–Crippen MR) is 127 cm³/mol. The summed E-state index contributed by atoms with van der Waals surface area (Å²) in [4.78, 5) is 29.6. The van der Waals surface area contributed by atoms with Crippen LogP contribution in [0.2, 0.25) is 0 Å². The van der Waals surface area contributed by atoms with Gasteiger partial charge in [-0.15, -0.1) is 0 Å². The van der Waals surface area contributed by atoms with Gasteiger partial charge in [0.15, 0.2) is 0 Å². The number of benzene rings is 2. The number of aliphatic hydroxyl groups excluding tert-OH is 1. The summed E-state index contributed by atoms with van der Waals surface area (Å²) in [7, 11) is 5.50. The molecular weight excluding hydrogens is 420 g/mol. The van der Waals surface area contributed by atoms with Gasteiger partial charge in [0, 0.05) is 52.0 Å².